The fourth-order valence-corrected chi connectivity index (χ4v) is 2.81. The Morgan fingerprint density at radius 3 is 1.93 bits per heavy atom. The van der Waals surface area contributed by atoms with E-state index in [-0.39, 0.29) is 12.7 Å². The van der Waals surface area contributed by atoms with Gasteiger partial charge in [0.1, 0.15) is 6.10 Å². The van der Waals surface area contributed by atoms with E-state index in [0.29, 0.717) is 19.8 Å². The summed E-state index contributed by atoms with van der Waals surface area (Å²) >= 11 is 0. The summed E-state index contributed by atoms with van der Waals surface area (Å²) in [6, 6.07) is 16.3. The fourth-order valence-electron chi connectivity index (χ4n) is 2.81. The van der Waals surface area contributed by atoms with Crippen LogP contribution in [0.15, 0.2) is 61.7 Å². The third-order valence-corrected chi connectivity index (χ3v) is 4.55. The van der Waals surface area contributed by atoms with E-state index in [2.05, 4.69) is 25.3 Å². The molecule has 0 saturated carbocycles. The van der Waals surface area contributed by atoms with Crippen LogP contribution in [0, 0.1) is 0 Å². The molecular formula is C24H30O5. The summed E-state index contributed by atoms with van der Waals surface area (Å²) in [6.45, 7) is 10.8. The topological polar surface area (TPSA) is 57.2 Å². The van der Waals surface area contributed by atoms with Crippen LogP contribution in [0.5, 0.6) is 0 Å². The quantitative estimate of drug-likeness (QED) is 0.714. The molecule has 2 aromatic rings. The van der Waals surface area contributed by atoms with Crippen molar-refractivity contribution in [3.05, 3.63) is 83.9 Å². The summed E-state index contributed by atoms with van der Waals surface area (Å²) < 4.78 is 20.9. The van der Waals surface area contributed by atoms with Gasteiger partial charge in [-0.2, -0.15) is 0 Å². The summed E-state index contributed by atoms with van der Waals surface area (Å²) in [5.41, 5.74) is 4.57. The van der Waals surface area contributed by atoms with Crippen LogP contribution in [0.25, 0.3) is 12.2 Å². The van der Waals surface area contributed by atoms with E-state index < -0.39 is 5.97 Å². The highest BCUT2D eigenvalue weighted by Crippen LogP contribution is 2.23. The number of hydrogen-bond donors (Lipinski definition) is 1. The molecule has 1 fully saturated rings. The normalized spacial score (nSPS) is 20.6. The first-order chi connectivity index (χ1) is 14.0. The number of aliphatic hydroxyl groups excluding tert-OH is 1. The summed E-state index contributed by atoms with van der Waals surface area (Å²) in [5, 5.41) is 8.63. The lowest BCUT2D eigenvalue weighted by Gasteiger charge is -2.19. The van der Waals surface area contributed by atoms with Crippen LogP contribution in [0.3, 0.4) is 0 Å². The maximum absolute atomic E-state index is 8.63. The molecule has 2 unspecified atom stereocenters. The number of benzene rings is 2. The second-order valence-corrected chi connectivity index (χ2v) is 6.60. The smallest absolute Gasteiger partial charge is 0.280 e. The molecule has 1 aliphatic heterocycles. The highest BCUT2D eigenvalue weighted by atomic mass is 16.9. The molecule has 0 aliphatic carbocycles. The van der Waals surface area contributed by atoms with Crippen LogP contribution >= 0.6 is 0 Å². The van der Waals surface area contributed by atoms with E-state index in [4.69, 9.17) is 24.1 Å². The Labute approximate surface area is 173 Å². The van der Waals surface area contributed by atoms with Crippen molar-refractivity contribution in [1.29, 1.82) is 0 Å². The summed E-state index contributed by atoms with van der Waals surface area (Å²) in [7, 11) is 1.50. The lowest BCUT2D eigenvalue weighted by atomic mass is 10.1. The SMILES string of the molecule is C=Cc1ccccc1COCc1ccccc1C=C.COC1(C)OCC(CO)O1. The Balaban J connectivity index is 0.000000253. The van der Waals surface area contributed by atoms with Gasteiger partial charge in [-0.05, 0) is 22.3 Å². The second kappa shape index (κ2) is 11.7. The van der Waals surface area contributed by atoms with Gasteiger partial charge in [0.2, 0.25) is 0 Å². The van der Waals surface area contributed by atoms with Crippen molar-refractivity contribution < 1.29 is 24.1 Å². The predicted molar refractivity (Wildman–Crippen MR) is 115 cm³/mol. The molecule has 1 aliphatic rings. The van der Waals surface area contributed by atoms with Gasteiger partial charge < -0.3 is 24.1 Å². The average molecular weight is 398 g/mol. The van der Waals surface area contributed by atoms with Crippen molar-refractivity contribution in [2.45, 2.75) is 32.2 Å². The van der Waals surface area contributed by atoms with Crippen molar-refractivity contribution in [3.63, 3.8) is 0 Å². The lowest BCUT2D eigenvalue weighted by Crippen LogP contribution is -2.29. The van der Waals surface area contributed by atoms with E-state index in [0.717, 1.165) is 22.3 Å². The van der Waals surface area contributed by atoms with Gasteiger partial charge in [-0.25, -0.2) is 0 Å². The summed E-state index contributed by atoms with van der Waals surface area (Å²) in [5.74, 6) is -0.951. The van der Waals surface area contributed by atoms with Gasteiger partial charge in [0.15, 0.2) is 0 Å². The molecule has 156 valence electrons. The first kappa shape index (κ1) is 23.0. The Morgan fingerprint density at radius 2 is 1.55 bits per heavy atom. The van der Waals surface area contributed by atoms with Gasteiger partial charge >= 0.3 is 0 Å². The maximum atomic E-state index is 8.63. The van der Waals surface area contributed by atoms with Crippen LogP contribution in [0.1, 0.15) is 29.2 Å². The molecule has 1 heterocycles. The zero-order valence-corrected chi connectivity index (χ0v) is 17.2. The molecule has 3 rings (SSSR count). The third-order valence-electron chi connectivity index (χ3n) is 4.55. The van der Waals surface area contributed by atoms with Gasteiger partial charge in [-0.3, -0.25) is 0 Å². The van der Waals surface area contributed by atoms with Gasteiger partial charge in [0.05, 0.1) is 26.4 Å². The van der Waals surface area contributed by atoms with Crippen molar-refractivity contribution >= 4 is 12.2 Å². The zero-order valence-electron chi connectivity index (χ0n) is 17.2. The molecule has 0 amide bonds. The van der Waals surface area contributed by atoms with Crippen LogP contribution in [0.4, 0.5) is 0 Å². The zero-order chi connectivity index (χ0) is 21.1. The molecule has 0 aromatic heterocycles. The fraction of sp³-hybridized carbons (Fsp3) is 0.333. The van der Waals surface area contributed by atoms with Gasteiger partial charge in [-0.15, -0.1) is 0 Å². The number of ether oxygens (including phenoxy) is 4. The van der Waals surface area contributed by atoms with E-state index in [1.54, 1.807) is 6.92 Å². The molecule has 1 saturated heterocycles. The van der Waals surface area contributed by atoms with Crippen LogP contribution in [-0.4, -0.2) is 37.5 Å². The van der Waals surface area contributed by atoms with Crippen molar-refractivity contribution in [3.8, 4) is 0 Å². The standard InChI is InChI=1S/C18H18O.C6H12O4/c1-3-15-9-5-7-11-17(15)13-19-14-18-12-8-6-10-16(18)4-2;1-6(8-2)9-4-5(3-7)10-6/h3-12H,1-2,13-14H2;5,7H,3-4H2,1-2H3. The molecular weight excluding hydrogens is 368 g/mol. The highest BCUT2D eigenvalue weighted by molar-refractivity contribution is 5.52. The monoisotopic (exact) mass is 398 g/mol. The second-order valence-electron chi connectivity index (χ2n) is 6.60. The first-order valence-electron chi connectivity index (χ1n) is 9.51. The number of methoxy groups -OCH3 is 1. The number of aliphatic hydroxyl groups is 1. The molecule has 5 nitrogen and oxygen atoms in total. The van der Waals surface area contributed by atoms with E-state index in [1.165, 1.54) is 7.11 Å². The van der Waals surface area contributed by atoms with E-state index in [1.807, 2.05) is 48.6 Å². The minimum absolute atomic E-state index is 0.0288. The molecule has 0 radical (unpaired) electrons. The highest BCUT2D eigenvalue weighted by Gasteiger charge is 2.36. The maximum Gasteiger partial charge on any atom is 0.280 e. The predicted octanol–water partition coefficient (Wildman–Crippen LogP) is 4.40. The lowest BCUT2D eigenvalue weighted by molar-refractivity contribution is -0.314. The van der Waals surface area contributed by atoms with E-state index >= 15 is 0 Å². The first-order valence-corrected chi connectivity index (χ1v) is 9.51. The van der Waals surface area contributed by atoms with Crippen LogP contribution in [0.2, 0.25) is 0 Å². The molecule has 1 N–H and O–H groups in total. The third kappa shape index (κ3) is 6.92. The largest absolute Gasteiger partial charge is 0.394 e. The Bertz CT molecular complexity index is 737. The minimum atomic E-state index is -0.951. The molecule has 0 bridgehead atoms. The van der Waals surface area contributed by atoms with Gasteiger partial charge in [0, 0.05) is 14.0 Å². The van der Waals surface area contributed by atoms with Crippen molar-refractivity contribution in [1.82, 2.24) is 0 Å². The Kier molecular flexibility index (Phi) is 9.25. The van der Waals surface area contributed by atoms with Crippen molar-refractivity contribution in [2.75, 3.05) is 20.3 Å². The summed E-state index contributed by atoms with van der Waals surface area (Å²) in [6.07, 6.45) is 3.47. The Hall–Kier alpha value is -2.28. The Morgan fingerprint density at radius 1 is 1.03 bits per heavy atom. The summed E-state index contributed by atoms with van der Waals surface area (Å²) in [4.78, 5) is 0. The van der Waals surface area contributed by atoms with Crippen LogP contribution < -0.4 is 0 Å². The van der Waals surface area contributed by atoms with E-state index in [9.17, 15) is 0 Å². The number of hydrogen-bond acceptors (Lipinski definition) is 5. The molecule has 0 spiro atoms. The van der Waals surface area contributed by atoms with Crippen LogP contribution in [-0.2, 0) is 32.2 Å². The minimum Gasteiger partial charge on any atom is -0.394 e. The van der Waals surface area contributed by atoms with Gasteiger partial charge in [0.25, 0.3) is 5.97 Å². The number of rotatable bonds is 8. The molecule has 2 atom stereocenters. The van der Waals surface area contributed by atoms with Crippen molar-refractivity contribution in [2.24, 2.45) is 0 Å². The average Bonchev–Trinajstić information content (AvgIpc) is 3.17. The molecule has 2 aromatic carbocycles. The molecule has 5 heteroatoms. The van der Waals surface area contributed by atoms with Gasteiger partial charge in [-0.1, -0.05) is 73.8 Å². The molecule has 29 heavy (non-hydrogen) atoms.